The van der Waals surface area contributed by atoms with Gasteiger partial charge in [0.15, 0.2) is 0 Å². The molecule has 1 heterocycles. The van der Waals surface area contributed by atoms with Gasteiger partial charge in [0.25, 0.3) is 5.91 Å². The van der Waals surface area contributed by atoms with E-state index in [4.69, 9.17) is 4.74 Å². The SMILES string of the molecule is O=C(c1cccc(OCc2cccc(F)c2)c1)N1CCC[C@]2(CCC[C@H]2O)C1. The Bertz CT molecular complexity index is 855. The largest absolute Gasteiger partial charge is 0.489 e. The number of benzene rings is 2. The average Bonchev–Trinajstić information content (AvgIpc) is 3.05. The summed E-state index contributed by atoms with van der Waals surface area (Å²) >= 11 is 0. The number of hydrogen-bond acceptors (Lipinski definition) is 3. The van der Waals surface area contributed by atoms with E-state index in [0.717, 1.165) is 44.2 Å². The highest BCUT2D eigenvalue weighted by molar-refractivity contribution is 5.94. The molecule has 4 rings (SSSR count). The molecule has 5 heteroatoms. The van der Waals surface area contributed by atoms with Crippen LogP contribution in [0.4, 0.5) is 4.39 Å². The number of likely N-dealkylation sites (tertiary alicyclic amines) is 1. The number of carbonyl (C=O) groups excluding carboxylic acids is 1. The molecule has 0 radical (unpaired) electrons. The Labute approximate surface area is 164 Å². The fraction of sp³-hybridized carbons (Fsp3) is 0.435. The van der Waals surface area contributed by atoms with E-state index in [1.165, 1.54) is 12.1 Å². The number of piperidine rings is 1. The van der Waals surface area contributed by atoms with Gasteiger partial charge in [-0.2, -0.15) is 0 Å². The molecule has 0 aromatic heterocycles. The van der Waals surface area contributed by atoms with Gasteiger partial charge in [-0.05, 0) is 61.6 Å². The standard InChI is InChI=1S/C23H26FNO3/c24-19-7-1-5-17(13-19)15-28-20-8-2-6-18(14-20)22(27)25-12-4-11-23(16-25)10-3-9-21(23)26/h1-2,5-8,13-14,21,26H,3-4,9-12,15-16H2/t21-,23-/m1/s1. The minimum Gasteiger partial charge on any atom is -0.489 e. The lowest BCUT2D eigenvalue weighted by atomic mass is 9.76. The summed E-state index contributed by atoms with van der Waals surface area (Å²) in [5, 5.41) is 10.4. The maximum Gasteiger partial charge on any atom is 0.254 e. The number of rotatable bonds is 4. The number of hydrogen-bond donors (Lipinski definition) is 1. The highest BCUT2D eigenvalue weighted by Crippen LogP contribution is 2.45. The third-order valence-corrected chi connectivity index (χ3v) is 6.13. The lowest BCUT2D eigenvalue weighted by Gasteiger charge is -2.42. The molecule has 1 spiro atoms. The van der Waals surface area contributed by atoms with Gasteiger partial charge in [0.1, 0.15) is 18.2 Å². The Morgan fingerprint density at radius 3 is 2.79 bits per heavy atom. The van der Waals surface area contributed by atoms with E-state index in [0.29, 0.717) is 17.9 Å². The number of aliphatic hydroxyl groups is 1. The predicted octanol–water partition coefficient (Wildman–Crippen LogP) is 4.17. The number of carbonyl (C=O) groups is 1. The van der Waals surface area contributed by atoms with Crippen molar-refractivity contribution in [2.24, 2.45) is 5.41 Å². The molecule has 1 amide bonds. The molecule has 1 N–H and O–H groups in total. The van der Waals surface area contributed by atoms with Crippen molar-refractivity contribution in [3.8, 4) is 5.75 Å². The highest BCUT2D eigenvalue weighted by Gasteiger charge is 2.45. The predicted molar refractivity (Wildman–Crippen MR) is 105 cm³/mol. The van der Waals surface area contributed by atoms with E-state index in [1.54, 1.807) is 36.4 Å². The molecule has 2 fully saturated rings. The van der Waals surface area contributed by atoms with Crippen LogP contribution in [-0.2, 0) is 6.61 Å². The van der Waals surface area contributed by atoms with Crippen LogP contribution in [-0.4, -0.2) is 35.1 Å². The normalized spacial score (nSPS) is 24.5. The maximum atomic E-state index is 13.3. The second-order valence-electron chi connectivity index (χ2n) is 8.05. The van der Waals surface area contributed by atoms with Crippen LogP contribution in [0.1, 0.15) is 48.0 Å². The zero-order chi connectivity index (χ0) is 19.6. The molecule has 28 heavy (non-hydrogen) atoms. The third kappa shape index (κ3) is 3.90. The average molecular weight is 383 g/mol. The Hall–Kier alpha value is -2.40. The smallest absolute Gasteiger partial charge is 0.254 e. The summed E-state index contributed by atoms with van der Waals surface area (Å²) < 4.78 is 19.1. The summed E-state index contributed by atoms with van der Waals surface area (Å²) in [6.07, 6.45) is 4.49. The van der Waals surface area contributed by atoms with Crippen molar-refractivity contribution in [1.29, 1.82) is 0 Å². The molecule has 0 bridgehead atoms. The van der Waals surface area contributed by atoms with Gasteiger partial charge >= 0.3 is 0 Å². The van der Waals surface area contributed by atoms with Gasteiger partial charge in [0.2, 0.25) is 0 Å². The monoisotopic (exact) mass is 383 g/mol. The van der Waals surface area contributed by atoms with Gasteiger partial charge in [-0.1, -0.05) is 24.6 Å². The lowest BCUT2D eigenvalue weighted by Crippen LogP contribution is -2.49. The summed E-state index contributed by atoms with van der Waals surface area (Å²) in [5.41, 5.74) is 1.20. The summed E-state index contributed by atoms with van der Waals surface area (Å²) in [5.74, 6) is 0.273. The topological polar surface area (TPSA) is 49.8 Å². The van der Waals surface area contributed by atoms with Crippen LogP contribution in [0.2, 0.25) is 0 Å². The Morgan fingerprint density at radius 1 is 1.18 bits per heavy atom. The third-order valence-electron chi connectivity index (χ3n) is 6.13. The van der Waals surface area contributed by atoms with E-state index in [2.05, 4.69) is 0 Å². The van der Waals surface area contributed by atoms with Crippen molar-refractivity contribution in [1.82, 2.24) is 4.90 Å². The van der Waals surface area contributed by atoms with E-state index in [-0.39, 0.29) is 29.9 Å². The molecule has 1 aliphatic carbocycles. The molecule has 1 saturated carbocycles. The van der Waals surface area contributed by atoms with Crippen LogP contribution < -0.4 is 4.74 Å². The molecule has 0 unspecified atom stereocenters. The van der Waals surface area contributed by atoms with E-state index in [9.17, 15) is 14.3 Å². The molecular weight excluding hydrogens is 357 g/mol. The molecule has 2 aromatic carbocycles. The number of halogens is 1. The van der Waals surface area contributed by atoms with Crippen molar-refractivity contribution >= 4 is 5.91 Å². The summed E-state index contributed by atoms with van der Waals surface area (Å²) in [4.78, 5) is 14.9. The minimum absolute atomic E-state index is 0.0191. The number of nitrogens with zero attached hydrogens (tertiary/aromatic N) is 1. The van der Waals surface area contributed by atoms with Crippen molar-refractivity contribution < 1.29 is 19.0 Å². The highest BCUT2D eigenvalue weighted by atomic mass is 19.1. The number of aliphatic hydroxyl groups excluding tert-OH is 1. The minimum atomic E-state index is -0.302. The maximum absolute atomic E-state index is 13.3. The van der Waals surface area contributed by atoms with Gasteiger partial charge in [-0.25, -0.2) is 4.39 Å². The Balaban J connectivity index is 1.44. The zero-order valence-corrected chi connectivity index (χ0v) is 15.9. The number of ether oxygens (including phenoxy) is 1. The van der Waals surface area contributed by atoms with Crippen molar-refractivity contribution in [3.05, 3.63) is 65.5 Å². The van der Waals surface area contributed by atoms with Crippen molar-refractivity contribution in [2.75, 3.05) is 13.1 Å². The first-order chi connectivity index (χ1) is 13.6. The van der Waals surface area contributed by atoms with E-state index in [1.807, 2.05) is 4.90 Å². The lowest BCUT2D eigenvalue weighted by molar-refractivity contribution is -0.00537. The van der Waals surface area contributed by atoms with Gasteiger partial charge in [-0.3, -0.25) is 4.79 Å². The van der Waals surface area contributed by atoms with Crippen molar-refractivity contribution in [3.63, 3.8) is 0 Å². The molecular formula is C23H26FNO3. The first kappa shape index (κ1) is 18.9. The molecule has 148 valence electrons. The van der Waals surface area contributed by atoms with Crippen LogP contribution in [0.3, 0.4) is 0 Å². The Kier molecular flexibility index (Phi) is 5.36. The molecule has 4 nitrogen and oxygen atoms in total. The summed E-state index contributed by atoms with van der Waals surface area (Å²) in [7, 11) is 0. The molecule has 2 aromatic rings. The molecule has 1 aliphatic heterocycles. The van der Waals surface area contributed by atoms with Crippen LogP contribution in [0.25, 0.3) is 0 Å². The second kappa shape index (κ2) is 7.92. The van der Waals surface area contributed by atoms with Crippen LogP contribution in [0.5, 0.6) is 5.75 Å². The molecule has 1 saturated heterocycles. The van der Waals surface area contributed by atoms with Gasteiger partial charge in [-0.15, -0.1) is 0 Å². The fourth-order valence-corrected chi connectivity index (χ4v) is 4.62. The fourth-order valence-electron chi connectivity index (χ4n) is 4.62. The second-order valence-corrected chi connectivity index (χ2v) is 8.05. The first-order valence-electron chi connectivity index (χ1n) is 10.0. The molecule has 2 aliphatic rings. The summed E-state index contributed by atoms with van der Waals surface area (Å²) in [6.45, 7) is 1.59. The number of amides is 1. The van der Waals surface area contributed by atoms with Crippen LogP contribution in [0.15, 0.2) is 48.5 Å². The van der Waals surface area contributed by atoms with Gasteiger partial charge in [0, 0.05) is 24.1 Å². The summed E-state index contributed by atoms with van der Waals surface area (Å²) in [6, 6.07) is 13.4. The van der Waals surface area contributed by atoms with Gasteiger partial charge in [0.05, 0.1) is 6.10 Å². The zero-order valence-electron chi connectivity index (χ0n) is 15.9. The van der Waals surface area contributed by atoms with Crippen molar-refractivity contribution in [2.45, 2.75) is 44.8 Å². The first-order valence-corrected chi connectivity index (χ1v) is 10.0. The van der Waals surface area contributed by atoms with E-state index >= 15 is 0 Å². The van der Waals surface area contributed by atoms with Crippen LogP contribution >= 0.6 is 0 Å². The van der Waals surface area contributed by atoms with E-state index < -0.39 is 0 Å². The van der Waals surface area contributed by atoms with Crippen LogP contribution in [0, 0.1) is 11.2 Å². The van der Waals surface area contributed by atoms with Gasteiger partial charge < -0.3 is 14.7 Å². The quantitative estimate of drug-likeness (QED) is 0.862. The Morgan fingerprint density at radius 2 is 2.00 bits per heavy atom. The molecule has 2 atom stereocenters.